The van der Waals surface area contributed by atoms with E-state index in [2.05, 4.69) is 15.6 Å². The van der Waals surface area contributed by atoms with Gasteiger partial charge in [-0.15, -0.1) is 24.0 Å². The van der Waals surface area contributed by atoms with Gasteiger partial charge in [-0.3, -0.25) is 4.21 Å². The monoisotopic (exact) mass is 511 g/mol. The van der Waals surface area contributed by atoms with Crippen molar-refractivity contribution in [3.05, 3.63) is 35.1 Å². The van der Waals surface area contributed by atoms with Crippen LogP contribution in [0.25, 0.3) is 0 Å². The fourth-order valence-electron chi connectivity index (χ4n) is 3.28. The average Bonchev–Trinajstić information content (AvgIpc) is 2.66. The van der Waals surface area contributed by atoms with Gasteiger partial charge < -0.3 is 15.7 Å². The van der Waals surface area contributed by atoms with Crippen LogP contribution in [0.5, 0.6) is 0 Å². The highest BCUT2D eigenvalue weighted by molar-refractivity contribution is 14.0. The molecule has 27 heavy (non-hydrogen) atoms. The van der Waals surface area contributed by atoms with E-state index in [4.69, 9.17) is 0 Å². The summed E-state index contributed by atoms with van der Waals surface area (Å²) >= 11 is 0. The molecule has 0 saturated heterocycles. The highest BCUT2D eigenvalue weighted by atomic mass is 127. The lowest BCUT2D eigenvalue weighted by molar-refractivity contribution is 0.275. The van der Waals surface area contributed by atoms with Gasteiger partial charge in [-0.05, 0) is 43.9 Å². The molecule has 1 fully saturated rings. The molecule has 0 aromatic heterocycles. The summed E-state index contributed by atoms with van der Waals surface area (Å²) in [6.45, 7) is 4.81. The van der Waals surface area contributed by atoms with E-state index in [1.165, 1.54) is 6.07 Å². The number of benzene rings is 1. The maximum atomic E-state index is 13.5. The van der Waals surface area contributed by atoms with E-state index in [1.807, 2.05) is 13.8 Å². The van der Waals surface area contributed by atoms with Crippen molar-refractivity contribution in [2.45, 2.75) is 64.0 Å². The normalized spacial score (nSPS) is 21.3. The van der Waals surface area contributed by atoms with Crippen LogP contribution >= 0.6 is 24.0 Å². The van der Waals surface area contributed by atoms with Crippen LogP contribution in [0.4, 0.5) is 4.39 Å². The van der Waals surface area contributed by atoms with Gasteiger partial charge >= 0.3 is 0 Å². The topological polar surface area (TPSA) is 73.7 Å². The van der Waals surface area contributed by atoms with Gasteiger partial charge in [0.15, 0.2) is 5.96 Å². The number of nitrogens with one attached hydrogen (secondary N) is 2. The number of nitrogens with zero attached hydrogens (tertiary/aromatic N) is 1. The Bertz CT molecular complexity index is 645. The van der Waals surface area contributed by atoms with Gasteiger partial charge in [0.2, 0.25) is 0 Å². The minimum Gasteiger partial charge on any atom is -0.392 e. The van der Waals surface area contributed by atoms with Crippen molar-refractivity contribution >= 4 is 40.7 Å². The van der Waals surface area contributed by atoms with Gasteiger partial charge in [0, 0.05) is 40.0 Å². The highest BCUT2D eigenvalue weighted by Gasteiger charge is 2.26. The van der Waals surface area contributed by atoms with Crippen LogP contribution in [-0.2, 0) is 24.0 Å². The number of hydrogen-bond acceptors (Lipinski definition) is 3. The smallest absolute Gasteiger partial charge is 0.191 e. The molecule has 0 aliphatic heterocycles. The van der Waals surface area contributed by atoms with Gasteiger partial charge in [0.25, 0.3) is 0 Å². The zero-order valence-electron chi connectivity index (χ0n) is 16.0. The lowest BCUT2D eigenvalue weighted by Gasteiger charge is -2.30. The van der Waals surface area contributed by atoms with Crippen LogP contribution in [0.3, 0.4) is 0 Å². The zero-order valence-corrected chi connectivity index (χ0v) is 19.2. The molecule has 1 aliphatic carbocycles. The second kappa shape index (κ2) is 12.7. The summed E-state index contributed by atoms with van der Waals surface area (Å²) in [5.41, 5.74) is 1.13. The highest BCUT2D eigenvalue weighted by Crippen LogP contribution is 2.23. The van der Waals surface area contributed by atoms with E-state index in [0.29, 0.717) is 12.3 Å². The lowest BCUT2D eigenvalue weighted by Crippen LogP contribution is -2.46. The largest absolute Gasteiger partial charge is 0.392 e. The molecule has 1 aromatic rings. The standard InChI is InChI=1S/C19H30FN3O2S.HI/c1-3-21-19(22-12-14-8-9-18(20)15(10-14)13-24)23-16-6-5-7-17(11-16)26(25)4-2;/h8-10,16-17,24H,3-7,11-13H2,1-2H3,(H2,21,22,23);1H. The Hall–Kier alpha value is -0.740. The molecule has 0 amide bonds. The first-order valence-corrected chi connectivity index (χ1v) is 10.8. The predicted molar refractivity (Wildman–Crippen MR) is 120 cm³/mol. The number of aliphatic hydroxyl groups is 1. The second-order valence-electron chi connectivity index (χ2n) is 6.58. The predicted octanol–water partition coefficient (Wildman–Crippen LogP) is 3.07. The molecule has 1 aliphatic rings. The van der Waals surface area contributed by atoms with Gasteiger partial charge in [-0.2, -0.15) is 0 Å². The lowest BCUT2D eigenvalue weighted by atomic mass is 9.95. The van der Waals surface area contributed by atoms with Gasteiger partial charge in [-0.1, -0.05) is 19.4 Å². The Morgan fingerprint density at radius 2 is 2.15 bits per heavy atom. The zero-order chi connectivity index (χ0) is 18.9. The molecule has 0 spiro atoms. The van der Waals surface area contributed by atoms with Crippen molar-refractivity contribution in [2.75, 3.05) is 12.3 Å². The minimum absolute atomic E-state index is 0. The maximum Gasteiger partial charge on any atom is 0.191 e. The molecule has 0 bridgehead atoms. The summed E-state index contributed by atoms with van der Waals surface area (Å²) < 4.78 is 25.6. The Balaban J connectivity index is 0.00000364. The maximum absolute atomic E-state index is 13.5. The Kier molecular flexibility index (Phi) is 11.4. The summed E-state index contributed by atoms with van der Waals surface area (Å²) in [5.74, 6) is 1.03. The van der Waals surface area contributed by atoms with E-state index in [1.54, 1.807) is 12.1 Å². The Labute approximate surface area is 181 Å². The third-order valence-corrected chi connectivity index (χ3v) is 6.41. The van der Waals surface area contributed by atoms with Crippen LogP contribution in [0.1, 0.15) is 50.7 Å². The molecule has 3 atom stereocenters. The summed E-state index contributed by atoms with van der Waals surface area (Å²) in [5, 5.41) is 16.1. The van der Waals surface area contributed by atoms with E-state index in [0.717, 1.165) is 43.8 Å². The van der Waals surface area contributed by atoms with Crippen molar-refractivity contribution in [3.63, 3.8) is 0 Å². The molecule has 3 unspecified atom stereocenters. The minimum atomic E-state index is -0.752. The molecule has 0 heterocycles. The van der Waals surface area contributed by atoms with Gasteiger partial charge in [-0.25, -0.2) is 9.38 Å². The summed E-state index contributed by atoms with van der Waals surface area (Å²) in [6.07, 6.45) is 4.06. The molecular formula is C19H31FIN3O2S. The van der Waals surface area contributed by atoms with Crippen LogP contribution in [0.2, 0.25) is 0 Å². The van der Waals surface area contributed by atoms with Crippen molar-refractivity contribution in [1.82, 2.24) is 10.6 Å². The van der Waals surface area contributed by atoms with E-state index < -0.39 is 16.6 Å². The van der Waals surface area contributed by atoms with E-state index in [-0.39, 0.29) is 47.4 Å². The van der Waals surface area contributed by atoms with Crippen LogP contribution in [0, 0.1) is 5.82 Å². The van der Waals surface area contributed by atoms with Crippen molar-refractivity contribution < 1.29 is 13.7 Å². The van der Waals surface area contributed by atoms with Gasteiger partial charge in [0.05, 0.1) is 13.2 Å². The molecule has 5 nitrogen and oxygen atoms in total. The van der Waals surface area contributed by atoms with Crippen molar-refractivity contribution in [3.8, 4) is 0 Å². The van der Waals surface area contributed by atoms with Crippen LogP contribution < -0.4 is 10.6 Å². The third-order valence-electron chi connectivity index (χ3n) is 4.67. The first kappa shape index (κ1) is 24.3. The number of aliphatic imine (C=N–C) groups is 1. The van der Waals surface area contributed by atoms with Crippen LogP contribution in [0.15, 0.2) is 23.2 Å². The van der Waals surface area contributed by atoms with Crippen molar-refractivity contribution in [2.24, 2.45) is 4.99 Å². The number of guanidine groups is 1. The number of hydrogen-bond donors (Lipinski definition) is 3. The SMILES string of the molecule is CCNC(=NCc1ccc(F)c(CO)c1)NC1CCCC(S(=O)CC)C1.I. The summed E-state index contributed by atoms with van der Waals surface area (Å²) in [7, 11) is -0.752. The molecule has 154 valence electrons. The number of halogens is 2. The summed E-state index contributed by atoms with van der Waals surface area (Å²) in [4.78, 5) is 4.59. The molecular weight excluding hydrogens is 480 g/mol. The van der Waals surface area contributed by atoms with Crippen molar-refractivity contribution in [1.29, 1.82) is 0 Å². The molecule has 1 saturated carbocycles. The molecule has 8 heteroatoms. The molecule has 2 rings (SSSR count). The molecule has 3 N–H and O–H groups in total. The van der Waals surface area contributed by atoms with E-state index >= 15 is 0 Å². The third kappa shape index (κ3) is 7.65. The van der Waals surface area contributed by atoms with E-state index in [9.17, 15) is 13.7 Å². The fourth-order valence-corrected chi connectivity index (χ4v) is 4.63. The number of rotatable bonds is 7. The number of aliphatic hydroxyl groups excluding tert-OH is 1. The second-order valence-corrected chi connectivity index (χ2v) is 8.58. The summed E-state index contributed by atoms with van der Waals surface area (Å²) in [6, 6.07) is 4.96. The quantitative estimate of drug-likeness (QED) is 0.299. The molecule has 0 radical (unpaired) electrons. The Morgan fingerprint density at radius 3 is 2.81 bits per heavy atom. The van der Waals surface area contributed by atoms with Gasteiger partial charge in [0.1, 0.15) is 5.82 Å². The average molecular weight is 511 g/mol. The fraction of sp³-hybridized carbons (Fsp3) is 0.632. The first-order chi connectivity index (χ1) is 12.6. The van der Waals surface area contributed by atoms with Crippen LogP contribution in [-0.4, -0.2) is 38.9 Å². The first-order valence-electron chi connectivity index (χ1n) is 9.37. The molecule has 1 aromatic carbocycles. The Morgan fingerprint density at radius 1 is 1.37 bits per heavy atom.